The lowest BCUT2D eigenvalue weighted by atomic mass is 9.92. The Bertz CT molecular complexity index is 369. The number of aryl methyl sites for hydroxylation is 1. The molecule has 2 rings (SSSR count). The molecule has 2 atom stereocenters. The molecular weight excluding hydrogens is 214 g/mol. The fourth-order valence-electron chi connectivity index (χ4n) is 2.02. The average Bonchev–Trinajstić information content (AvgIpc) is 2.73. The zero-order chi connectivity index (χ0) is 11.0. The Morgan fingerprint density at radius 1 is 1.67 bits per heavy atom. The van der Waals surface area contributed by atoms with E-state index in [-0.39, 0.29) is 11.7 Å². The van der Waals surface area contributed by atoms with Crippen molar-refractivity contribution in [2.45, 2.75) is 6.92 Å². The fourth-order valence-corrected chi connectivity index (χ4v) is 2.28. The van der Waals surface area contributed by atoms with Crippen LogP contribution in [0.25, 0.3) is 0 Å². The summed E-state index contributed by atoms with van der Waals surface area (Å²) in [6.45, 7) is 3.71. The zero-order valence-corrected chi connectivity index (χ0v) is 9.58. The fraction of sp³-hybridized carbons (Fsp3) is 0.600. The van der Waals surface area contributed by atoms with Gasteiger partial charge in [0.2, 0.25) is 0 Å². The summed E-state index contributed by atoms with van der Waals surface area (Å²) < 4.78 is 1.55. The number of ketones is 1. The van der Waals surface area contributed by atoms with Gasteiger partial charge in [0, 0.05) is 19.5 Å². The van der Waals surface area contributed by atoms with Gasteiger partial charge in [-0.3, -0.25) is 9.48 Å². The van der Waals surface area contributed by atoms with Crippen LogP contribution in [0.15, 0.2) is 6.20 Å². The minimum Gasteiger partial charge on any atom is -0.316 e. The van der Waals surface area contributed by atoms with E-state index < -0.39 is 0 Å². The van der Waals surface area contributed by atoms with E-state index >= 15 is 0 Å². The van der Waals surface area contributed by atoms with E-state index in [0.717, 1.165) is 13.1 Å². The van der Waals surface area contributed by atoms with Crippen molar-refractivity contribution in [3.63, 3.8) is 0 Å². The number of halogens is 1. The number of Topliss-reactive ketones (excluding diaryl/α,β-unsaturated/α-hetero) is 1. The Labute approximate surface area is 93.6 Å². The number of nitrogens with one attached hydrogen (secondary N) is 1. The summed E-state index contributed by atoms with van der Waals surface area (Å²) in [5.41, 5.74) is 0.525. The van der Waals surface area contributed by atoms with Gasteiger partial charge in [-0.2, -0.15) is 5.10 Å². The maximum absolute atomic E-state index is 12.2. The van der Waals surface area contributed by atoms with Crippen LogP contribution in [0.1, 0.15) is 17.4 Å². The van der Waals surface area contributed by atoms with Gasteiger partial charge in [0.05, 0.1) is 11.2 Å². The lowest BCUT2D eigenvalue weighted by Gasteiger charge is -2.12. The highest BCUT2D eigenvalue weighted by Gasteiger charge is 2.32. The maximum Gasteiger partial charge on any atom is 0.187 e. The van der Waals surface area contributed by atoms with Crippen LogP contribution >= 0.6 is 11.6 Å². The number of nitrogens with zero attached hydrogens (tertiary/aromatic N) is 2. The van der Waals surface area contributed by atoms with Gasteiger partial charge in [0.1, 0.15) is 5.69 Å². The Morgan fingerprint density at radius 3 is 2.87 bits per heavy atom. The van der Waals surface area contributed by atoms with E-state index in [1.54, 1.807) is 11.7 Å². The van der Waals surface area contributed by atoms with Crippen LogP contribution in [0.3, 0.4) is 0 Å². The lowest BCUT2D eigenvalue weighted by Crippen LogP contribution is -2.24. The zero-order valence-electron chi connectivity index (χ0n) is 8.83. The van der Waals surface area contributed by atoms with Crippen LogP contribution in [0.5, 0.6) is 0 Å². The van der Waals surface area contributed by atoms with Crippen molar-refractivity contribution >= 4 is 17.4 Å². The van der Waals surface area contributed by atoms with Crippen molar-refractivity contribution in [1.82, 2.24) is 15.1 Å². The SMILES string of the molecule is CC1CNCC1C(=O)c1c(Cl)cnn1C. The summed E-state index contributed by atoms with van der Waals surface area (Å²) in [5, 5.41) is 7.63. The molecular formula is C10H14ClN3O. The molecule has 0 radical (unpaired) electrons. The molecule has 0 amide bonds. The van der Waals surface area contributed by atoms with Crippen molar-refractivity contribution in [2.24, 2.45) is 18.9 Å². The third-order valence-corrected chi connectivity index (χ3v) is 3.26. The summed E-state index contributed by atoms with van der Waals surface area (Å²) in [6.07, 6.45) is 1.52. The Balaban J connectivity index is 2.28. The highest BCUT2D eigenvalue weighted by molar-refractivity contribution is 6.33. The normalized spacial score (nSPS) is 25.8. The summed E-state index contributed by atoms with van der Waals surface area (Å²) in [4.78, 5) is 12.2. The molecule has 0 aromatic carbocycles. The number of hydrogen-bond donors (Lipinski definition) is 1. The molecule has 5 heteroatoms. The molecule has 0 spiro atoms. The maximum atomic E-state index is 12.2. The second-order valence-corrected chi connectivity index (χ2v) is 4.48. The molecule has 1 aliphatic heterocycles. The third-order valence-electron chi connectivity index (χ3n) is 2.98. The van der Waals surface area contributed by atoms with Crippen LogP contribution in [0.2, 0.25) is 5.02 Å². The number of carbonyl (C=O) groups excluding carboxylic acids is 1. The smallest absolute Gasteiger partial charge is 0.187 e. The molecule has 1 aliphatic rings. The summed E-state index contributed by atoms with van der Waals surface area (Å²) >= 11 is 5.94. The second-order valence-electron chi connectivity index (χ2n) is 4.07. The van der Waals surface area contributed by atoms with Crippen LogP contribution in [-0.4, -0.2) is 28.7 Å². The molecule has 2 heterocycles. The molecule has 0 saturated carbocycles. The van der Waals surface area contributed by atoms with Crippen LogP contribution < -0.4 is 5.32 Å². The standard InChI is InChI=1S/C10H14ClN3O/c1-6-3-12-4-7(6)10(15)9-8(11)5-13-14(9)2/h5-7,12H,3-4H2,1-2H3. The molecule has 1 saturated heterocycles. The molecule has 1 fully saturated rings. The minimum atomic E-state index is 0.0258. The molecule has 2 unspecified atom stereocenters. The van der Waals surface area contributed by atoms with Crippen LogP contribution in [0.4, 0.5) is 0 Å². The molecule has 82 valence electrons. The van der Waals surface area contributed by atoms with Gasteiger partial charge in [0.15, 0.2) is 5.78 Å². The molecule has 1 aromatic rings. The summed E-state index contributed by atoms with van der Waals surface area (Å²) in [7, 11) is 1.74. The molecule has 0 bridgehead atoms. The highest BCUT2D eigenvalue weighted by atomic mass is 35.5. The van der Waals surface area contributed by atoms with Crippen molar-refractivity contribution in [1.29, 1.82) is 0 Å². The van der Waals surface area contributed by atoms with Crippen LogP contribution in [-0.2, 0) is 7.05 Å². The van der Waals surface area contributed by atoms with Gasteiger partial charge < -0.3 is 5.32 Å². The number of rotatable bonds is 2. The highest BCUT2D eigenvalue weighted by Crippen LogP contribution is 2.24. The Kier molecular flexibility index (Phi) is 2.80. The second kappa shape index (κ2) is 3.94. The van der Waals surface area contributed by atoms with Gasteiger partial charge in [0.25, 0.3) is 0 Å². The van der Waals surface area contributed by atoms with E-state index in [2.05, 4.69) is 17.3 Å². The molecule has 1 aromatic heterocycles. The largest absolute Gasteiger partial charge is 0.316 e. The summed E-state index contributed by atoms with van der Waals surface area (Å²) in [5.74, 6) is 0.485. The van der Waals surface area contributed by atoms with Gasteiger partial charge in [-0.15, -0.1) is 0 Å². The predicted octanol–water partition coefficient (Wildman–Crippen LogP) is 1.11. The number of hydrogen-bond acceptors (Lipinski definition) is 3. The van der Waals surface area contributed by atoms with Crippen molar-refractivity contribution < 1.29 is 4.79 Å². The Morgan fingerprint density at radius 2 is 2.40 bits per heavy atom. The number of carbonyl (C=O) groups is 1. The van der Waals surface area contributed by atoms with Crippen LogP contribution in [0, 0.1) is 11.8 Å². The van der Waals surface area contributed by atoms with E-state index in [4.69, 9.17) is 11.6 Å². The van der Waals surface area contributed by atoms with Crippen molar-refractivity contribution in [3.8, 4) is 0 Å². The van der Waals surface area contributed by atoms with E-state index in [1.807, 2.05) is 0 Å². The van der Waals surface area contributed by atoms with Gasteiger partial charge in [-0.05, 0) is 12.5 Å². The van der Waals surface area contributed by atoms with E-state index in [0.29, 0.717) is 16.6 Å². The molecule has 0 aliphatic carbocycles. The lowest BCUT2D eigenvalue weighted by molar-refractivity contribution is 0.0898. The first kappa shape index (κ1) is 10.6. The van der Waals surface area contributed by atoms with Gasteiger partial charge in [-0.25, -0.2) is 0 Å². The number of aromatic nitrogens is 2. The van der Waals surface area contributed by atoms with Gasteiger partial charge in [-0.1, -0.05) is 18.5 Å². The monoisotopic (exact) mass is 227 g/mol. The van der Waals surface area contributed by atoms with Crippen molar-refractivity contribution in [3.05, 3.63) is 16.9 Å². The van der Waals surface area contributed by atoms with Crippen molar-refractivity contribution in [2.75, 3.05) is 13.1 Å². The topological polar surface area (TPSA) is 46.9 Å². The van der Waals surface area contributed by atoms with E-state index in [9.17, 15) is 4.79 Å². The average molecular weight is 228 g/mol. The first-order chi connectivity index (χ1) is 7.11. The van der Waals surface area contributed by atoms with Gasteiger partial charge >= 0.3 is 0 Å². The predicted molar refractivity (Wildman–Crippen MR) is 58.1 cm³/mol. The molecule has 1 N–H and O–H groups in total. The quantitative estimate of drug-likeness (QED) is 0.770. The molecule has 15 heavy (non-hydrogen) atoms. The minimum absolute atomic E-state index is 0.0258. The first-order valence-corrected chi connectivity index (χ1v) is 5.41. The van der Waals surface area contributed by atoms with E-state index in [1.165, 1.54) is 6.20 Å². The molecule has 4 nitrogen and oxygen atoms in total. The first-order valence-electron chi connectivity index (χ1n) is 5.03. The Hall–Kier alpha value is -0.870. The third kappa shape index (κ3) is 1.79. The summed E-state index contributed by atoms with van der Waals surface area (Å²) in [6, 6.07) is 0.